The smallest absolute Gasteiger partial charge is 0.122 e. The number of aromatic hydroxyl groups is 1. The molecule has 2 unspecified atom stereocenters. The molecule has 0 spiro atoms. The Kier molecular flexibility index (Phi) is 3.49. The fraction of sp³-hybridized carbons (Fsp3) is 0.571. The number of benzene rings is 1. The summed E-state index contributed by atoms with van der Waals surface area (Å²) < 4.78 is 0. The Morgan fingerprint density at radius 2 is 2.19 bits per heavy atom. The number of para-hydroxylation sites is 1. The Morgan fingerprint density at radius 1 is 1.38 bits per heavy atom. The first kappa shape index (κ1) is 11.5. The van der Waals surface area contributed by atoms with Crippen molar-refractivity contribution in [3.05, 3.63) is 29.3 Å². The van der Waals surface area contributed by atoms with Crippen molar-refractivity contribution in [1.82, 2.24) is 5.32 Å². The van der Waals surface area contributed by atoms with Crippen molar-refractivity contribution in [3.8, 4) is 5.75 Å². The summed E-state index contributed by atoms with van der Waals surface area (Å²) in [6, 6.07) is 6.57. The van der Waals surface area contributed by atoms with E-state index in [-0.39, 0.29) is 0 Å². The van der Waals surface area contributed by atoms with Gasteiger partial charge in [-0.1, -0.05) is 31.5 Å². The van der Waals surface area contributed by atoms with Crippen LogP contribution in [-0.2, 0) is 6.54 Å². The predicted octanol–water partition coefficient (Wildman–Crippen LogP) is 2.98. The summed E-state index contributed by atoms with van der Waals surface area (Å²) in [4.78, 5) is 0. The SMILES string of the molecule is Cc1cccc(CNC2CCCC2C)c1O. The Labute approximate surface area is 97.7 Å². The first-order valence-corrected chi connectivity index (χ1v) is 6.19. The summed E-state index contributed by atoms with van der Waals surface area (Å²) in [5, 5.41) is 13.5. The molecule has 1 aromatic carbocycles. The van der Waals surface area contributed by atoms with Gasteiger partial charge in [0.25, 0.3) is 0 Å². The second kappa shape index (κ2) is 4.88. The highest BCUT2D eigenvalue weighted by Crippen LogP contribution is 2.26. The average Bonchev–Trinajstić information content (AvgIpc) is 2.67. The minimum Gasteiger partial charge on any atom is -0.507 e. The molecule has 1 fully saturated rings. The minimum atomic E-state index is 0.445. The Morgan fingerprint density at radius 3 is 2.88 bits per heavy atom. The predicted molar refractivity (Wildman–Crippen MR) is 66.5 cm³/mol. The van der Waals surface area contributed by atoms with Gasteiger partial charge in [-0.3, -0.25) is 0 Å². The van der Waals surface area contributed by atoms with Crippen molar-refractivity contribution in [2.75, 3.05) is 0 Å². The van der Waals surface area contributed by atoms with Crippen LogP contribution in [0.3, 0.4) is 0 Å². The van der Waals surface area contributed by atoms with Crippen molar-refractivity contribution in [2.45, 2.75) is 45.7 Å². The molecule has 0 bridgehead atoms. The molecule has 1 saturated carbocycles. The van der Waals surface area contributed by atoms with Crippen molar-refractivity contribution in [3.63, 3.8) is 0 Å². The van der Waals surface area contributed by atoms with E-state index >= 15 is 0 Å². The zero-order valence-corrected chi connectivity index (χ0v) is 10.2. The number of hydrogen-bond acceptors (Lipinski definition) is 2. The lowest BCUT2D eigenvalue weighted by atomic mass is 10.1. The average molecular weight is 219 g/mol. The van der Waals surface area contributed by atoms with Crippen LogP contribution in [0.15, 0.2) is 18.2 Å². The highest BCUT2D eigenvalue weighted by atomic mass is 16.3. The van der Waals surface area contributed by atoms with Crippen LogP contribution in [0.4, 0.5) is 0 Å². The Hall–Kier alpha value is -1.02. The monoisotopic (exact) mass is 219 g/mol. The molecule has 2 heteroatoms. The Balaban J connectivity index is 1.96. The van der Waals surface area contributed by atoms with Gasteiger partial charge in [0.2, 0.25) is 0 Å². The van der Waals surface area contributed by atoms with Gasteiger partial charge in [-0.05, 0) is 31.2 Å². The first-order chi connectivity index (χ1) is 7.68. The number of phenols is 1. The van der Waals surface area contributed by atoms with Gasteiger partial charge in [-0.2, -0.15) is 0 Å². The van der Waals surface area contributed by atoms with Crippen LogP contribution >= 0.6 is 0 Å². The zero-order chi connectivity index (χ0) is 11.5. The quantitative estimate of drug-likeness (QED) is 0.819. The second-order valence-electron chi connectivity index (χ2n) is 4.98. The van der Waals surface area contributed by atoms with Crippen molar-refractivity contribution in [2.24, 2.45) is 5.92 Å². The van der Waals surface area contributed by atoms with Gasteiger partial charge < -0.3 is 10.4 Å². The molecule has 0 heterocycles. The van der Waals surface area contributed by atoms with Crippen LogP contribution in [0, 0.1) is 12.8 Å². The van der Waals surface area contributed by atoms with Crippen LogP contribution in [-0.4, -0.2) is 11.1 Å². The van der Waals surface area contributed by atoms with E-state index in [0.29, 0.717) is 11.8 Å². The highest BCUT2D eigenvalue weighted by Gasteiger charge is 2.22. The molecule has 0 radical (unpaired) electrons. The summed E-state index contributed by atoms with van der Waals surface area (Å²) in [7, 11) is 0. The first-order valence-electron chi connectivity index (χ1n) is 6.19. The number of hydrogen-bond donors (Lipinski definition) is 2. The largest absolute Gasteiger partial charge is 0.507 e. The summed E-state index contributed by atoms with van der Waals surface area (Å²) in [5.74, 6) is 1.22. The van der Waals surface area contributed by atoms with Crippen LogP contribution in [0.25, 0.3) is 0 Å². The fourth-order valence-electron chi connectivity index (χ4n) is 2.55. The standard InChI is InChI=1S/C14H21NO/c1-10-5-4-8-13(10)15-9-12-7-3-6-11(2)14(12)16/h3,6-7,10,13,15-16H,4-5,8-9H2,1-2H3. The van der Waals surface area contributed by atoms with Gasteiger partial charge >= 0.3 is 0 Å². The van der Waals surface area contributed by atoms with E-state index in [1.807, 2.05) is 25.1 Å². The van der Waals surface area contributed by atoms with E-state index in [0.717, 1.165) is 23.6 Å². The molecule has 0 saturated heterocycles. The molecule has 2 N–H and O–H groups in total. The van der Waals surface area contributed by atoms with Crippen LogP contribution in [0.2, 0.25) is 0 Å². The van der Waals surface area contributed by atoms with E-state index < -0.39 is 0 Å². The maximum Gasteiger partial charge on any atom is 0.122 e. The number of nitrogens with one attached hydrogen (secondary N) is 1. The minimum absolute atomic E-state index is 0.445. The molecule has 0 aromatic heterocycles. The third kappa shape index (κ3) is 2.38. The van der Waals surface area contributed by atoms with Crippen molar-refractivity contribution in [1.29, 1.82) is 0 Å². The molecule has 2 nitrogen and oxygen atoms in total. The molecular weight excluding hydrogens is 198 g/mol. The van der Waals surface area contributed by atoms with Gasteiger partial charge in [0.1, 0.15) is 5.75 Å². The van der Waals surface area contributed by atoms with Gasteiger partial charge in [0.05, 0.1) is 0 Å². The van der Waals surface area contributed by atoms with Gasteiger partial charge in [-0.15, -0.1) is 0 Å². The van der Waals surface area contributed by atoms with Crippen LogP contribution in [0.5, 0.6) is 5.75 Å². The van der Waals surface area contributed by atoms with Gasteiger partial charge in [-0.25, -0.2) is 0 Å². The molecule has 2 atom stereocenters. The van der Waals surface area contributed by atoms with Gasteiger partial charge in [0.15, 0.2) is 0 Å². The lowest BCUT2D eigenvalue weighted by Crippen LogP contribution is -2.30. The lowest BCUT2D eigenvalue weighted by molar-refractivity contribution is 0.414. The molecule has 2 rings (SSSR count). The maximum atomic E-state index is 9.90. The topological polar surface area (TPSA) is 32.3 Å². The maximum absolute atomic E-state index is 9.90. The van der Waals surface area contributed by atoms with E-state index in [1.165, 1.54) is 19.3 Å². The second-order valence-corrected chi connectivity index (χ2v) is 4.98. The summed E-state index contributed by atoms with van der Waals surface area (Å²) >= 11 is 0. The third-order valence-electron chi connectivity index (χ3n) is 3.74. The normalized spacial score (nSPS) is 24.9. The molecule has 0 aliphatic heterocycles. The molecular formula is C14H21NO. The molecule has 1 aliphatic carbocycles. The van der Waals surface area contributed by atoms with E-state index in [9.17, 15) is 5.11 Å². The highest BCUT2D eigenvalue weighted by molar-refractivity contribution is 5.39. The summed E-state index contributed by atoms with van der Waals surface area (Å²) in [6.45, 7) is 5.03. The lowest BCUT2D eigenvalue weighted by Gasteiger charge is -2.18. The van der Waals surface area contributed by atoms with E-state index in [1.54, 1.807) is 0 Å². The van der Waals surface area contributed by atoms with Gasteiger partial charge in [0, 0.05) is 18.2 Å². The Bertz CT molecular complexity index is 362. The molecule has 1 aromatic rings. The van der Waals surface area contributed by atoms with Crippen molar-refractivity contribution < 1.29 is 5.11 Å². The number of rotatable bonds is 3. The summed E-state index contributed by atoms with van der Waals surface area (Å²) in [6.07, 6.45) is 3.93. The number of phenolic OH excluding ortho intramolecular Hbond substituents is 1. The fourth-order valence-corrected chi connectivity index (χ4v) is 2.55. The zero-order valence-electron chi connectivity index (χ0n) is 10.2. The summed E-state index contributed by atoms with van der Waals surface area (Å²) in [5.41, 5.74) is 1.97. The third-order valence-corrected chi connectivity index (χ3v) is 3.74. The van der Waals surface area contributed by atoms with Crippen LogP contribution < -0.4 is 5.32 Å². The van der Waals surface area contributed by atoms with E-state index in [2.05, 4.69) is 12.2 Å². The van der Waals surface area contributed by atoms with Crippen LogP contribution in [0.1, 0.15) is 37.3 Å². The molecule has 1 aliphatic rings. The van der Waals surface area contributed by atoms with E-state index in [4.69, 9.17) is 0 Å². The number of aryl methyl sites for hydroxylation is 1. The molecule has 16 heavy (non-hydrogen) atoms. The van der Waals surface area contributed by atoms with Crippen molar-refractivity contribution >= 4 is 0 Å². The molecule has 88 valence electrons. The molecule has 0 amide bonds.